The highest BCUT2D eigenvalue weighted by atomic mass is 35.5. The summed E-state index contributed by atoms with van der Waals surface area (Å²) in [5.74, 6) is 0. The molecule has 0 aliphatic heterocycles. The molecule has 1 aromatic carbocycles. The smallest absolute Gasteiger partial charge is 0.254 e. The van der Waals surface area contributed by atoms with Crippen LogP contribution in [0.1, 0.15) is 10.4 Å². The number of aromatic nitrogens is 1. The number of benzene rings is 1. The van der Waals surface area contributed by atoms with Gasteiger partial charge in [-0.1, -0.05) is 11.6 Å². The van der Waals surface area contributed by atoms with Crippen LogP contribution in [0.4, 0.5) is 0 Å². The van der Waals surface area contributed by atoms with Crippen molar-refractivity contribution in [2.45, 2.75) is 0 Å². The molecular weight excluding hydrogens is 233 g/mol. The number of carbonyl (C=O) groups is 1. The Balaban J connectivity index is 2.63. The molecule has 0 aliphatic rings. The molecule has 0 saturated carbocycles. The molecule has 0 N–H and O–H groups in total. The number of carbonyl (C=O) groups excluding carboxylic acids is 1. The fraction of sp³-hybridized carbons (Fsp3) is 0. The Bertz CT molecular complexity index is 491. The quantitative estimate of drug-likeness (QED) is 0.736. The van der Waals surface area contributed by atoms with Crippen molar-refractivity contribution < 1.29 is 4.79 Å². The van der Waals surface area contributed by atoms with Gasteiger partial charge in [-0.3, -0.25) is 4.79 Å². The molecule has 0 radical (unpaired) electrons. The molecule has 1 heterocycles. The molecule has 2 aromatic rings. The van der Waals surface area contributed by atoms with Gasteiger partial charge in [-0.25, -0.2) is 0 Å². The highest BCUT2D eigenvalue weighted by Gasteiger charge is 2.10. The van der Waals surface area contributed by atoms with E-state index in [9.17, 15) is 4.79 Å². The van der Waals surface area contributed by atoms with Crippen LogP contribution in [0.15, 0.2) is 42.7 Å². The second-order valence-electron chi connectivity index (χ2n) is 3.03. The van der Waals surface area contributed by atoms with Gasteiger partial charge in [0.15, 0.2) is 0 Å². The van der Waals surface area contributed by atoms with Gasteiger partial charge in [-0.05, 0) is 41.9 Å². The SMILES string of the molecule is O=C(Cl)c1ccc(Cl)cc1-n1cccc1. The minimum Gasteiger partial charge on any atom is -0.323 e. The molecule has 4 heteroatoms. The summed E-state index contributed by atoms with van der Waals surface area (Å²) >= 11 is 11.4. The van der Waals surface area contributed by atoms with Crippen LogP contribution < -0.4 is 0 Å². The number of hydrogen-bond donors (Lipinski definition) is 0. The van der Waals surface area contributed by atoms with Gasteiger partial charge in [-0.15, -0.1) is 0 Å². The zero-order valence-electron chi connectivity index (χ0n) is 7.65. The third-order valence-corrected chi connectivity index (χ3v) is 2.49. The summed E-state index contributed by atoms with van der Waals surface area (Å²) in [6, 6.07) is 8.70. The van der Waals surface area contributed by atoms with Crippen molar-refractivity contribution >= 4 is 28.4 Å². The lowest BCUT2D eigenvalue weighted by Crippen LogP contribution is -1.99. The van der Waals surface area contributed by atoms with E-state index in [1.165, 1.54) is 0 Å². The van der Waals surface area contributed by atoms with Crippen LogP contribution >= 0.6 is 23.2 Å². The normalized spacial score (nSPS) is 10.3. The maximum Gasteiger partial charge on any atom is 0.254 e. The third-order valence-electron chi connectivity index (χ3n) is 2.05. The van der Waals surface area contributed by atoms with Crippen molar-refractivity contribution in [1.82, 2.24) is 4.57 Å². The molecule has 0 unspecified atom stereocenters. The van der Waals surface area contributed by atoms with E-state index in [0.717, 1.165) is 0 Å². The number of hydrogen-bond acceptors (Lipinski definition) is 1. The van der Waals surface area contributed by atoms with Gasteiger partial charge in [-0.2, -0.15) is 0 Å². The molecule has 0 spiro atoms. The van der Waals surface area contributed by atoms with E-state index in [4.69, 9.17) is 23.2 Å². The van der Waals surface area contributed by atoms with Gasteiger partial charge in [0.25, 0.3) is 5.24 Å². The zero-order valence-corrected chi connectivity index (χ0v) is 9.16. The first-order valence-corrected chi connectivity index (χ1v) is 5.07. The van der Waals surface area contributed by atoms with E-state index in [-0.39, 0.29) is 0 Å². The fourth-order valence-corrected chi connectivity index (χ4v) is 1.71. The molecule has 2 rings (SSSR count). The number of halogens is 2. The maximum absolute atomic E-state index is 11.2. The lowest BCUT2D eigenvalue weighted by Gasteiger charge is -2.07. The molecular formula is C11H7Cl2NO. The molecule has 0 atom stereocenters. The summed E-state index contributed by atoms with van der Waals surface area (Å²) in [5, 5.41) is 0.0794. The molecule has 0 saturated heterocycles. The maximum atomic E-state index is 11.2. The largest absolute Gasteiger partial charge is 0.323 e. The fourth-order valence-electron chi connectivity index (χ4n) is 1.38. The second kappa shape index (κ2) is 4.09. The first-order chi connectivity index (χ1) is 7.18. The van der Waals surface area contributed by atoms with Gasteiger partial charge >= 0.3 is 0 Å². The van der Waals surface area contributed by atoms with Crippen LogP contribution in [0.2, 0.25) is 5.02 Å². The predicted octanol–water partition coefficient (Wildman–Crippen LogP) is 3.51. The van der Waals surface area contributed by atoms with E-state index in [2.05, 4.69) is 0 Å². The van der Waals surface area contributed by atoms with Gasteiger partial charge in [0.1, 0.15) is 0 Å². The summed E-state index contributed by atoms with van der Waals surface area (Å²) in [5.41, 5.74) is 1.13. The van der Waals surface area contributed by atoms with Gasteiger partial charge in [0.2, 0.25) is 0 Å². The van der Waals surface area contributed by atoms with Crippen molar-refractivity contribution in [2.24, 2.45) is 0 Å². The standard InChI is InChI=1S/C11H7Cl2NO/c12-8-3-4-9(11(13)15)10(7-8)14-5-1-2-6-14/h1-7H. The molecule has 0 bridgehead atoms. The van der Waals surface area contributed by atoms with E-state index < -0.39 is 5.24 Å². The lowest BCUT2D eigenvalue weighted by molar-refractivity contribution is 0.108. The summed E-state index contributed by atoms with van der Waals surface area (Å²) in [7, 11) is 0. The van der Waals surface area contributed by atoms with Crippen molar-refractivity contribution in [3.8, 4) is 5.69 Å². The van der Waals surface area contributed by atoms with Crippen molar-refractivity contribution in [3.63, 3.8) is 0 Å². The first kappa shape index (κ1) is 10.3. The molecule has 0 aliphatic carbocycles. The van der Waals surface area contributed by atoms with Gasteiger partial charge < -0.3 is 4.57 Å². The summed E-state index contributed by atoms with van der Waals surface area (Å²) < 4.78 is 1.79. The Morgan fingerprint density at radius 1 is 1.20 bits per heavy atom. The molecule has 1 aromatic heterocycles. The Labute approximate surface area is 97.0 Å². The van der Waals surface area contributed by atoms with Gasteiger partial charge in [0.05, 0.1) is 11.3 Å². The van der Waals surface area contributed by atoms with E-state index in [1.54, 1.807) is 22.8 Å². The Hall–Kier alpha value is -1.25. The minimum atomic E-state index is -0.490. The first-order valence-electron chi connectivity index (χ1n) is 4.31. The van der Waals surface area contributed by atoms with E-state index >= 15 is 0 Å². The third kappa shape index (κ3) is 2.06. The molecule has 15 heavy (non-hydrogen) atoms. The van der Waals surface area contributed by atoms with Crippen LogP contribution in [-0.2, 0) is 0 Å². The van der Waals surface area contributed by atoms with Crippen LogP contribution in [0, 0.1) is 0 Å². The Morgan fingerprint density at radius 2 is 1.87 bits per heavy atom. The van der Waals surface area contributed by atoms with Crippen LogP contribution in [0.25, 0.3) is 5.69 Å². The van der Waals surface area contributed by atoms with E-state index in [0.29, 0.717) is 16.3 Å². The van der Waals surface area contributed by atoms with Gasteiger partial charge in [0, 0.05) is 17.4 Å². The van der Waals surface area contributed by atoms with E-state index in [1.807, 2.05) is 24.5 Å². The predicted molar refractivity (Wildman–Crippen MR) is 61.0 cm³/mol. The molecule has 0 amide bonds. The molecule has 0 fully saturated rings. The molecule has 2 nitrogen and oxygen atoms in total. The Kier molecular flexibility index (Phi) is 2.80. The number of rotatable bonds is 2. The average molecular weight is 240 g/mol. The Morgan fingerprint density at radius 3 is 2.47 bits per heavy atom. The molecule has 76 valence electrons. The second-order valence-corrected chi connectivity index (χ2v) is 3.81. The van der Waals surface area contributed by atoms with Crippen molar-refractivity contribution in [3.05, 3.63) is 53.3 Å². The summed E-state index contributed by atoms with van der Waals surface area (Å²) in [4.78, 5) is 11.2. The zero-order chi connectivity index (χ0) is 10.8. The minimum absolute atomic E-state index is 0.442. The number of nitrogens with zero attached hydrogens (tertiary/aromatic N) is 1. The van der Waals surface area contributed by atoms with Crippen LogP contribution in [0.3, 0.4) is 0 Å². The van der Waals surface area contributed by atoms with Crippen LogP contribution in [0.5, 0.6) is 0 Å². The topological polar surface area (TPSA) is 22.0 Å². The van der Waals surface area contributed by atoms with Crippen molar-refractivity contribution in [2.75, 3.05) is 0 Å². The monoisotopic (exact) mass is 239 g/mol. The summed E-state index contributed by atoms with van der Waals surface area (Å²) in [6.07, 6.45) is 3.66. The van der Waals surface area contributed by atoms with Crippen molar-refractivity contribution in [1.29, 1.82) is 0 Å². The highest BCUT2D eigenvalue weighted by molar-refractivity contribution is 6.68. The highest BCUT2D eigenvalue weighted by Crippen LogP contribution is 2.21. The summed E-state index contributed by atoms with van der Waals surface area (Å²) in [6.45, 7) is 0. The average Bonchev–Trinajstić information content (AvgIpc) is 2.69. The lowest BCUT2D eigenvalue weighted by atomic mass is 10.2. The van der Waals surface area contributed by atoms with Crippen LogP contribution in [-0.4, -0.2) is 9.81 Å².